The van der Waals surface area contributed by atoms with Crippen LogP contribution in [0.5, 0.6) is 0 Å². The van der Waals surface area contributed by atoms with Crippen LogP contribution in [0.3, 0.4) is 0 Å². The number of hydrogen-bond acceptors (Lipinski definition) is 4. The number of benzene rings is 3. The van der Waals surface area contributed by atoms with Crippen molar-refractivity contribution in [3.05, 3.63) is 89.5 Å². The summed E-state index contributed by atoms with van der Waals surface area (Å²) in [6.45, 7) is 0.605. The van der Waals surface area contributed by atoms with Gasteiger partial charge in [-0.1, -0.05) is 48.5 Å². The minimum Gasteiger partial charge on any atom is -0.389 e. The summed E-state index contributed by atoms with van der Waals surface area (Å²) in [4.78, 5) is 13.0. The maximum absolute atomic E-state index is 15.4. The van der Waals surface area contributed by atoms with E-state index in [1.54, 1.807) is 22.9 Å². The zero-order valence-electron chi connectivity index (χ0n) is 18.9. The molecule has 4 aromatic rings. The van der Waals surface area contributed by atoms with Crippen LogP contribution in [0.4, 0.5) is 4.39 Å². The fraction of sp³-hybridized carbons (Fsp3) is 0.259. The van der Waals surface area contributed by atoms with Crippen LogP contribution in [-0.4, -0.2) is 46.2 Å². The van der Waals surface area contributed by atoms with Gasteiger partial charge in [0.15, 0.2) is 0 Å². The average Bonchev–Trinajstić information content (AvgIpc) is 3.29. The minimum absolute atomic E-state index is 0.0145. The largest absolute Gasteiger partial charge is 0.389 e. The molecule has 2 heterocycles. The van der Waals surface area contributed by atoms with Crippen molar-refractivity contribution in [1.29, 1.82) is 0 Å². The van der Waals surface area contributed by atoms with E-state index < -0.39 is 23.9 Å². The van der Waals surface area contributed by atoms with Crippen LogP contribution in [0.25, 0.3) is 21.9 Å². The highest BCUT2D eigenvalue weighted by molar-refractivity contribution is 6.00. The summed E-state index contributed by atoms with van der Waals surface area (Å²) in [5, 5.41) is 18.3. The van der Waals surface area contributed by atoms with Crippen LogP contribution >= 0.6 is 0 Å². The Bertz CT molecular complexity index is 1330. The summed E-state index contributed by atoms with van der Waals surface area (Å²) in [5.41, 5.74) is 4.00. The number of nitrogens with zero attached hydrogens (tertiary/aromatic N) is 2. The molecule has 0 spiro atoms. The van der Waals surface area contributed by atoms with E-state index in [0.717, 1.165) is 27.6 Å². The Morgan fingerprint density at radius 3 is 2.65 bits per heavy atom. The fourth-order valence-corrected chi connectivity index (χ4v) is 4.47. The number of carbonyl (C=O) groups excluding carboxylic acids is 1. The number of aryl methyl sites for hydroxylation is 1. The summed E-state index contributed by atoms with van der Waals surface area (Å²) in [5.74, 6) is -1.08. The number of ether oxygens (including phenoxy) is 1. The molecule has 174 valence electrons. The van der Waals surface area contributed by atoms with Crippen LogP contribution in [0.15, 0.2) is 67.0 Å². The van der Waals surface area contributed by atoms with Gasteiger partial charge in [0, 0.05) is 30.8 Å². The molecule has 0 radical (unpaired) electrons. The van der Waals surface area contributed by atoms with Gasteiger partial charge in [-0.05, 0) is 41.0 Å². The number of halogens is 1. The van der Waals surface area contributed by atoms with E-state index in [1.165, 1.54) is 0 Å². The summed E-state index contributed by atoms with van der Waals surface area (Å²) in [7, 11) is 1.88. The number of nitrogens with one attached hydrogen (secondary N) is 1. The smallest absolute Gasteiger partial charge is 0.254 e. The van der Waals surface area contributed by atoms with Gasteiger partial charge in [0.05, 0.1) is 30.5 Å². The quantitative estimate of drug-likeness (QED) is 0.475. The van der Waals surface area contributed by atoms with Gasteiger partial charge >= 0.3 is 0 Å². The highest BCUT2D eigenvalue weighted by Gasteiger charge is 2.27. The Morgan fingerprint density at radius 1 is 1.18 bits per heavy atom. The second-order valence-electron chi connectivity index (χ2n) is 8.73. The zero-order valence-corrected chi connectivity index (χ0v) is 18.9. The van der Waals surface area contributed by atoms with Gasteiger partial charge in [-0.15, -0.1) is 0 Å². The fourth-order valence-electron chi connectivity index (χ4n) is 4.47. The molecule has 3 aromatic carbocycles. The number of amides is 1. The lowest BCUT2D eigenvalue weighted by Crippen LogP contribution is -2.48. The van der Waals surface area contributed by atoms with E-state index in [4.69, 9.17) is 4.74 Å². The highest BCUT2D eigenvalue weighted by Crippen LogP contribution is 2.28. The first-order valence-corrected chi connectivity index (χ1v) is 11.3. The molecule has 6 nitrogen and oxygen atoms in total. The van der Waals surface area contributed by atoms with Crippen molar-refractivity contribution in [2.45, 2.75) is 25.0 Å². The Hall–Kier alpha value is -3.55. The molecule has 0 bridgehead atoms. The molecule has 1 amide bonds. The summed E-state index contributed by atoms with van der Waals surface area (Å²) in [6.07, 6.45) is 4.01. The van der Waals surface area contributed by atoms with E-state index in [2.05, 4.69) is 10.4 Å². The third-order valence-electron chi connectivity index (χ3n) is 6.34. The van der Waals surface area contributed by atoms with Crippen LogP contribution in [-0.2, 0) is 18.2 Å². The summed E-state index contributed by atoms with van der Waals surface area (Å²) in [6, 6.07) is 16.5. The minimum atomic E-state index is -0.806. The predicted octanol–water partition coefficient (Wildman–Crippen LogP) is 3.85. The van der Waals surface area contributed by atoms with Crippen molar-refractivity contribution >= 4 is 16.7 Å². The SMILES string of the molecule is Cn1cc(-c2ccc(Cc3cc(C(=O)N[C@H]4CCOC[C@@H]4O)c(F)c4ccccc34)cc2)cn1. The Kier molecular flexibility index (Phi) is 6.13. The van der Waals surface area contributed by atoms with E-state index in [9.17, 15) is 9.90 Å². The van der Waals surface area contributed by atoms with Crippen molar-refractivity contribution < 1.29 is 19.0 Å². The Labute approximate surface area is 197 Å². The zero-order chi connectivity index (χ0) is 23.7. The number of aliphatic hydroxyl groups is 1. The normalized spacial score (nSPS) is 18.2. The van der Waals surface area contributed by atoms with Crippen molar-refractivity contribution in [1.82, 2.24) is 15.1 Å². The number of aliphatic hydroxyl groups excluding tert-OH is 1. The summed E-state index contributed by atoms with van der Waals surface area (Å²) < 4.78 is 22.4. The molecule has 7 heteroatoms. The third kappa shape index (κ3) is 4.44. The molecular formula is C27H26FN3O3. The molecule has 1 saturated heterocycles. The molecule has 2 atom stereocenters. The van der Waals surface area contributed by atoms with Crippen molar-refractivity contribution in [2.24, 2.45) is 7.05 Å². The molecule has 1 aliphatic heterocycles. The highest BCUT2D eigenvalue weighted by atomic mass is 19.1. The molecule has 1 aliphatic rings. The second kappa shape index (κ2) is 9.37. The molecule has 1 fully saturated rings. The summed E-state index contributed by atoms with van der Waals surface area (Å²) >= 11 is 0. The van der Waals surface area contributed by atoms with Crippen molar-refractivity contribution in [3.8, 4) is 11.1 Å². The molecule has 34 heavy (non-hydrogen) atoms. The first-order valence-electron chi connectivity index (χ1n) is 11.3. The number of fused-ring (bicyclic) bond motifs is 1. The molecule has 5 rings (SSSR count). The Balaban J connectivity index is 1.46. The number of hydrogen-bond donors (Lipinski definition) is 2. The van der Waals surface area contributed by atoms with Crippen molar-refractivity contribution in [2.75, 3.05) is 13.2 Å². The van der Waals surface area contributed by atoms with Crippen LogP contribution in [0, 0.1) is 5.82 Å². The molecule has 2 N–H and O–H groups in total. The maximum atomic E-state index is 15.4. The van der Waals surface area contributed by atoms with E-state index in [1.807, 2.05) is 55.8 Å². The predicted molar refractivity (Wildman–Crippen MR) is 128 cm³/mol. The number of carbonyl (C=O) groups is 1. The molecule has 1 aromatic heterocycles. The monoisotopic (exact) mass is 459 g/mol. The Morgan fingerprint density at radius 2 is 1.94 bits per heavy atom. The number of rotatable bonds is 5. The number of aromatic nitrogens is 2. The van der Waals surface area contributed by atoms with E-state index >= 15 is 4.39 Å². The molecular weight excluding hydrogens is 433 g/mol. The van der Waals surface area contributed by atoms with Gasteiger partial charge in [0.1, 0.15) is 5.82 Å². The van der Waals surface area contributed by atoms with E-state index in [-0.39, 0.29) is 12.2 Å². The van der Waals surface area contributed by atoms with Gasteiger partial charge < -0.3 is 15.2 Å². The standard InChI is InChI=1S/C27H26FN3O3/c1-31-15-20(14-29-31)18-8-6-17(7-9-18)12-19-13-23(26(28)22-5-3-2-4-21(19)22)27(33)30-24-10-11-34-16-25(24)32/h2-9,13-15,24-25,32H,10-12,16H2,1H3,(H,30,33)/t24-,25-/m0/s1. The third-order valence-corrected chi connectivity index (χ3v) is 6.34. The maximum Gasteiger partial charge on any atom is 0.254 e. The van der Waals surface area contributed by atoms with Gasteiger partial charge in [0.25, 0.3) is 5.91 Å². The van der Waals surface area contributed by atoms with Gasteiger partial charge in [-0.2, -0.15) is 5.10 Å². The molecule has 0 aliphatic carbocycles. The first-order chi connectivity index (χ1) is 16.5. The average molecular weight is 460 g/mol. The lowest BCUT2D eigenvalue weighted by molar-refractivity contribution is -0.0261. The topological polar surface area (TPSA) is 76.4 Å². The van der Waals surface area contributed by atoms with Crippen LogP contribution in [0.1, 0.15) is 27.9 Å². The van der Waals surface area contributed by atoms with Crippen LogP contribution < -0.4 is 5.32 Å². The van der Waals surface area contributed by atoms with Gasteiger partial charge in [-0.3, -0.25) is 9.48 Å². The second-order valence-corrected chi connectivity index (χ2v) is 8.73. The van der Waals surface area contributed by atoms with Gasteiger partial charge in [0.2, 0.25) is 0 Å². The van der Waals surface area contributed by atoms with E-state index in [0.29, 0.717) is 24.8 Å². The first kappa shape index (κ1) is 22.3. The molecule has 0 saturated carbocycles. The van der Waals surface area contributed by atoms with Crippen LogP contribution in [0.2, 0.25) is 0 Å². The lowest BCUT2D eigenvalue weighted by atomic mass is 9.94. The molecule has 0 unspecified atom stereocenters. The van der Waals surface area contributed by atoms with Crippen molar-refractivity contribution in [3.63, 3.8) is 0 Å². The van der Waals surface area contributed by atoms with Gasteiger partial charge in [-0.25, -0.2) is 4.39 Å². The lowest BCUT2D eigenvalue weighted by Gasteiger charge is -2.28.